The number of likely N-dealkylation sites (tertiary alicyclic amines) is 1. The summed E-state index contributed by atoms with van der Waals surface area (Å²) in [6.07, 6.45) is 7.13. The zero-order chi connectivity index (χ0) is 21.0. The second kappa shape index (κ2) is 8.81. The van der Waals surface area contributed by atoms with Crippen LogP contribution in [0.3, 0.4) is 0 Å². The maximum absolute atomic E-state index is 6.15. The maximum atomic E-state index is 6.15. The van der Waals surface area contributed by atoms with Gasteiger partial charge in [0.1, 0.15) is 11.3 Å². The normalized spacial score (nSPS) is 14.4. The van der Waals surface area contributed by atoms with Crippen molar-refractivity contribution >= 4 is 21.8 Å². The molecule has 0 unspecified atom stereocenters. The number of aromatic amines is 1. The molecule has 0 amide bonds. The van der Waals surface area contributed by atoms with Crippen LogP contribution in [0.25, 0.3) is 21.8 Å². The van der Waals surface area contributed by atoms with E-state index in [2.05, 4.69) is 20.1 Å². The lowest BCUT2D eigenvalue weighted by molar-refractivity contribution is 0.254. The lowest BCUT2D eigenvalue weighted by atomic mass is 10.2. The molecule has 0 radical (unpaired) electrons. The van der Waals surface area contributed by atoms with Gasteiger partial charge in [-0.05, 0) is 62.7 Å². The number of fused-ring (bicyclic) bond motifs is 2. The van der Waals surface area contributed by atoms with Crippen LogP contribution in [0.1, 0.15) is 19.3 Å². The van der Waals surface area contributed by atoms with Gasteiger partial charge in [-0.15, -0.1) is 0 Å². The molecule has 0 bridgehead atoms. The number of nitrogens with one attached hydrogen (secondary N) is 1. The van der Waals surface area contributed by atoms with E-state index in [1.54, 1.807) is 13.3 Å². The summed E-state index contributed by atoms with van der Waals surface area (Å²) in [5.74, 6) is 2.70. The highest BCUT2D eigenvalue weighted by Crippen LogP contribution is 2.37. The van der Waals surface area contributed by atoms with Crippen molar-refractivity contribution in [3.05, 3.63) is 48.8 Å². The van der Waals surface area contributed by atoms with E-state index in [9.17, 15) is 0 Å². The van der Waals surface area contributed by atoms with E-state index in [4.69, 9.17) is 14.2 Å². The number of ether oxygens (including phenoxy) is 3. The van der Waals surface area contributed by atoms with E-state index >= 15 is 0 Å². The van der Waals surface area contributed by atoms with Crippen molar-refractivity contribution in [1.29, 1.82) is 0 Å². The first kappa shape index (κ1) is 19.6. The largest absolute Gasteiger partial charge is 0.493 e. The molecular weight excluding hydrogens is 392 g/mol. The Hall–Kier alpha value is -3.32. The third-order valence-electron chi connectivity index (χ3n) is 5.72. The molecule has 0 atom stereocenters. The van der Waals surface area contributed by atoms with Crippen molar-refractivity contribution in [2.24, 2.45) is 0 Å². The van der Waals surface area contributed by atoms with Crippen molar-refractivity contribution in [1.82, 2.24) is 20.1 Å². The molecule has 1 fully saturated rings. The highest BCUT2D eigenvalue weighted by atomic mass is 16.5. The molecule has 5 rings (SSSR count). The molecule has 160 valence electrons. The number of nitrogens with zero attached hydrogens (tertiary/aromatic N) is 3. The summed E-state index contributed by atoms with van der Waals surface area (Å²) >= 11 is 0. The average molecular weight is 418 g/mol. The fourth-order valence-electron chi connectivity index (χ4n) is 4.09. The Morgan fingerprint density at radius 3 is 2.81 bits per heavy atom. The molecule has 4 aromatic rings. The predicted molar refractivity (Wildman–Crippen MR) is 120 cm³/mol. The van der Waals surface area contributed by atoms with Gasteiger partial charge in [0.15, 0.2) is 17.2 Å². The Morgan fingerprint density at radius 1 is 1.03 bits per heavy atom. The molecule has 1 aliphatic heterocycles. The smallest absolute Gasteiger partial charge is 0.163 e. The van der Waals surface area contributed by atoms with Crippen molar-refractivity contribution in [3.63, 3.8) is 0 Å². The van der Waals surface area contributed by atoms with Crippen molar-refractivity contribution < 1.29 is 14.2 Å². The summed E-state index contributed by atoms with van der Waals surface area (Å²) in [4.78, 5) is 5.67. The lowest BCUT2D eigenvalue weighted by Gasteiger charge is -2.16. The number of hydrogen-bond donors (Lipinski definition) is 1. The third kappa shape index (κ3) is 4.27. The fourth-order valence-corrected chi connectivity index (χ4v) is 4.09. The first-order valence-electron chi connectivity index (χ1n) is 10.7. The highest BCUT2D eigenvalue weighted by Gasteiger charge is 2.14. The van der Waals surface area contributed by atoms with Gasteiger partial charge in [-0.25, -0.2) is 0 Å². The molecule has 2 aromatic carbocycles. The molecule has 1 N–H and O–H groups in total. The van der Waals surface area contributed by atoms with Gasteiger partial charge in [-0.2, -0.15) is 10.2 Å². The Kier molecular flexibility index (Phi) is 5.58. The molecule has 0 saturated carbocycles. The monoisotopic (exact) mass is 418 g/mol. The Morgan fingerprint density at radius 2 is 1.94 bits per heavy atom. The number of methoxy groups -OCH3 is 1. The van der Waals surface area contributed by atoms with Crippen LogP contribution in [-0.4, -0.2) is 53.4 Å². The zero-order valence-electron chi connectivity index (χ0n) is 17.6. The number of rotatable bonds is 8. The SMILES string of the molecule is COc1cc2c(Oc3ccc4[nH]ccc4c3)cnnc2cc1OCCCN1CCCC1. The molecule has 7 heteroatoms. The second-order valence-electron chi connectivity index (χ2n) is 7.81. The molecule has 3 heterocycles. The van der Waals surface area contributed by atoms with Crippen LogP contribution in [0.4, 0.5) is 0 Å². The number of H-pyrrole nitrogens is 1. The number of aromatic nitrogens is 3. The minimum Gasteiger partial charge on any atom is -0.493 e. The molecule has 0 aliphatic carbocycles. The summed E-state index contributed by atoms with van der Waals surface area (Å²) < 4.78 is 17.8. The van der Waals surface area contributed by atoms with Crippen LogP contribution in [0.2, 0.25) is 0 Å². The van der Waals surface area contributed by atoms with Gasteiger partial charge in [0.05, 0.1) is 25.3 Å². The summed E-state index contributed by atoms with van der Waals surface area (Å²) in [5, 5.41) is 10.3. The van der Waals surface area contributed by atoms with Gasteiger partial charge in [0.25, 0.3) is 0 Å². The van der Waals surface area contributed by atoms with Gasteiger partial charge in [0, 0.05) is 29.7 Å². The molecule has 31 heavy (non-hydrogen) atoms. The fraction of sp³-hybridized carbons (Fsp3) is 0.333. The predicted octanol–water partition coefficient (Wildman–Crippen LogP) is 4.78. The van der Waals surface area contributed by atoms with Crippen LogP contribution >= 0.6 is 0 Å². The van der Waals surface area contributed by atoms with Crippen LogP contribution in [-0.2, 0) is 0 Å². The summed E-state index contributed by atoms with van der Waals surface area (Å²) in [7, 11) is 1.65. The van der Waals surface area contributed by atoms with E-state index in [-0.39, 0.29) is 0 Å². The van der Waals surface area contributed by atoms with Crippen molar-refractivity contribution in [2.45, 2.75) is 19.3 Å². The maximum Gasteiger partial charge on any atom is 0.163 e. The summed E-state index contributed by atoms with van der Waals surface area (Å²) in [5.41, 5.74) is 1.77. The summed E-state index contributed by atoms with van der Waals surface area (Å²) in [6.45, 7) is 4.11. The summed E-state index contributed by atoms with van der Waals surface area (Å²) in [6, 6.07) is 11.7. The second-order valence-corrected chi connectivity index (χ2v) is 7.81. The first-order chi connectivity index (χ1) is 15.3. The minimum atomic E-state index is 0.624. The van der Waals surface area contributed by atoms with Crippen molar-refractivity contribution in [2.75, 3.05) is 33.4 Å². The van der Waals surface area contributed by atoms with Crippen LogP contribution in [0, 0.1) is 0 Å². The Balaban J connectivity index is 1.35. The van der Waals surface area contributed by atoms with Crippen LogP contribution < -0.4 is 14.2 Å². The standard InChI is InChI=1S/C24H26N4O3/c1-29-22-14-19-21(15-23(22)30-12-4-11-28-9-2-3-10-28)27-26-16-24(19)31-18-5-6-20-17(13-18)7-8-25-20/h5-8,13-16,25H,2-4,9-12H2,1H3. The third-order valence-corrected chi connectivity index (χ3v) is 5.72. The zero-order valence-corrected chi connectivity index (χ0v) is 17.6. The van der Waals surface area contributed by atoms with E-state index < -0.39 is 0 Å². The Labute approximate surface area is 180 Å². The molecular formula is C24H26N4O3. The quantitative estimate of drug-likeness (QED) is 0.415. The number of hydrogen-bond acceptors (Lipinski definition) is 6. The van der Waals surface area contributed by atoms with Gasteiger partial charge in [-0.3, -0.25) is 0 Å². The van der Waals surface area contributed by atoms with E-state index in [0.29, 0.717) is 29.4 Å². The van der Waals surface area contributed by atoms with E-state index in [1.807, 2.05) is 42.6 Å². The van der Waals surface area contributed by atoms with Gasteiger partial charge in [-0.1, -0.05) is 0 Å². The van der Waals surface area contributed by atoms with E-state index in [1.165, 1.54) is 25.9 Å². The molecule has 1 saturated heterocycles. The van der Waals surface area contributed by atoms with Gasteiger partial charge in [0.2, 0.25) is 0 Å². The number of benzene rings is 2. The highest BCUT2D eigenvalue weighted by molar-refractivity contribution is 5.88. The van der Waals surface area contributed by atoms with Crippen molar-refractivity contribution in [3.8, 4) is 23.0 Å². The van der Waals surface area contributed by atoms with Crippen LogP contribution in [0.15, 0.2) is 48.8 Å². The van der Waals surface area contributed by atoms with Crippen LogP contribution in [0.5, 0.6) is 23.0 Å². The average Bonchev–Trinajstić information content (AvgIpc) is 3.48. The van der Waals surface area contributed by atoms with Gasteiger partial charge >= 0.3 is 0 Å². The van der Waals surface area contributed by atoms with Gasteiger partial charge < -0.3 is 24.1 Å². The molecule has 7 nitrogen and oxygen atoms in total. The lowest BCUT2D eigenvalue weighted by Crippen LogP contribution is -2.21. The minimum absolute atomic E-state index is 0.624. The first-order valence-corrected chi connectivity index (χ1v) is 10.7. The molecule has 2 aromatic heterocycles. The van der Waals surface area contributed by atoms with E-state index in [0.717, 1.165) is 35.0 Å². The topological polar surface area (TPSA) is 72.5 Å². The molecule has 1 aliphatic rings. The Bertz CT molecular complexity index is 1180. The molecule has 0 spiro atoms.